The van der Waals surface area contributed by atoms with Gasteiger partial charge in [-0.3, -0.25) is 24.0 Å². The van der Waals surface area contributed by atoms with E-state index in [4.69, 9.17) is 37.3 Å². The van der Waals surface area contributed by atoms with Crippen LogP contribution in [0.3, 0.4) is 0 Å². The van der Waals surface area contributed by atoms with Gasteiger partial charge in [0.1, 0.15) is 6.61 Å². The van der Waals surface area contributed by atoms with Gasteiger partial charge in [0, 0.05) is 13.0 Å². The van der Waals surface area contributed by atoms with Gasteiger partial charge >= 0.3 is 90.8 Å². The first kappa shape index (κ1) is 83.8. The van der Waals surface area contributed by atoms with E-state index in [1.807, 2.05) is 55.4 Å². The van der Waals surface area contributed by atoms with Gasteiger partial charge in [0.15, 0.2) is 16.6 Å². The van der Waals surface area contributed by atoms with Gasteiger partial charge in [-0.2, -0.15) is 21.6 Å². The third-order valence-corrected chi connectivity index (χ3v) is 21.3. The summed E-state index contributed by atoms with van der Waals surface area (Å²) in [4.78, 5) is 57.2. The van der Waals surface area contributed by atoms with E-state index in [0.717, 1.165) is 55.7 Å². The minimum absolute atomic E-state index is 0. The first-order chi connectivity index (χ1) is 33.7. The molecule has 23 heteroatoms. The summed E-state index contributed by atoms with van der Waals surface area (Å²) in [5, 5.41) is 0. The minimum atomic E-state index is -5.68. The molecule has 1 amide bonds. The van der Waals surface area contributed by atoms with Crippen LogP contribution in [0.5, 0.6) is 0 Å². The zero-order chi connectivity index (χ0) is 56.7. The Hall–Kier alpha value is -1.000. The summed E-state index contributed by atoms with van der Waals surface area (Å²) in [6.45, 7) is 35.8. The van der Waals surface area contributed by atoms with Crippen molar-refractivity contribution in [2.45, 2.75) is 231 Å². The Morgan fingerprint density at radius 1 is 0.658 bits per heavy atom. The second-order valence-electron chi connectivity index (χ2n) is 21.3. The van der Waals surface area contributed by atoms with Crippen LogP contribution in [0, 0.1) is 28.6 Å². The third kappa shape index (κ3) is 39.4. The van der Waals surface area contributed by atoms with Crippen LogP contribution in [0.1, 0.15) is 176 Å². The molecular formula is C53H107F3KNO15SSi2. The number of carbonyl (C=O) groups is 5. The van der Waals surface area contributed by atoms with E-state index in [9.17, 15) is 45.6 Å². The predicted octanol–water partition coefficient (Wildman–Crippen LogP) is 9.46. The molecule has 5 atom stereocenters. The SMILES string of the molecule is C.C.CCC(C)(C)C(=O)OCCCC(=O)NS(=O)(=O)C(F)(F)F.CCC(C)C(=O)OCC1CCC2OC2C1.CCCC[Si](C)(C)O[Si](C)(C)CCCOC(=O)C(C)(C)CC.CCOCCOCCOC(=O)C(C)CC.[H-].[K+]. The van der Waals surface area contributed by atoms with Crippen molar-refractivity contribution in [2.75, 3.05) is 52.9 Å². The van der Waals surface area contributed by atoms with Crippen molar-refractivity contribution in [3.05, 3.63) is 0 Å². The molecule has 0 aromatic rings. The number of unbranched alkanes of at least 4 members (excludes halogenated alkanes) is 1. The molecule has 0 bridgehead atoms. The fraction of sp³-hybridized carbons (Fsp3) is 0.906. The number of amides is 1. The number of halogens is 3. The van der Waals surface area contributed by atoms with Crippen LogP contribution in [0.25, 0.3) is 0 Å². The maximum Gasteiger partial charge on any atom is 1.00 e. The van der Waals surface area contributed by atoms with Gasteiger partial charge in [0.2, 0.25) is 5.91 Å². The fourth-order valence-corrected chi connectivity index (χ4v) is 16.0. The Balaban J connectivity index is -0.000000217. The van der Waals surface area contributed by atoms with E-state index in [1.54, 1.807) is 20.8 Å². The van der Waals surface area contributed by atoms with E-state index >= 15 is 0 Å². The second-order valence-corrected chi connectivity index (χ2v) is 31.8. The summed E-state index contributed by atoms with van der Waals surface area (Å²) in [6, 6.07) is 2.31. The molecule has 1 N–H and O–H groups in total. The molecular weight excluding hydrogens is 1070 g/mol. The molecule has 0 radical (unpaired) electrons. The van der Waals surface area contributed by atoms with Gasteiger partial charge in [-0.25, -0.2) is 4.72 Å². The molecule has 1 saturated heterocycles. The molecule has 1 heterocycles. The first-order valence-corrected chi connectivity index (χ1v) is 34.2. The van der Waals surface area contributed by atoms with Crippen molar-refractivity contribution in [3.8, 4) is 0 Å². The maximum absolute atomic E-state index is 12.0. The van der Waals surface area contributed by atoms with Crippen LogP contribution < -0.4 is 56.1 Å². The normalized spacial score (nSPS) is 16.9. The van der Waals surface area contributed by atoms with E-state index in [-0.39, 0.29) is 116 Å². The minimum Gasteiger partial charge on any atom is -1.00 e. The van der Waals surface area contributed by atoms with E-state index in [2.05, 4.69) is 33.1 Å². The van der Waals surface area contributed by atoms with E-state index < -0.39 is 55.9 Å². The Labute approximate surface area is 505 Å². The molecule has 2 aliphatic rings. The van der Waals surface area contributed by atoms with Gasteiger partial charge in [-0.05, 0) is 137 Å². The summed E-state index contributed by atoms with van der Waals surface area (Å²) >= 11 is 0. The zero-order valence-electron chi connectivity index (χ0n) is 49.6. The molecule has 450 valence electrons. The van der Waals surface area contributed by atoms with Gasteiger partial charge in [0.05, 0.1) is 74.5 Å². The third-order valence-electron chi connectivity index (χ3n) is 12.7. The summed E-state index contributed by atoms with van der Waals surface area (Å²) in [5.74, 6) is -1.52. The van der Waals surface area contributed by atoms with Crippen molar-refractivity contribution in [1.82, 2.24) is 4.72 Å². The average molecular weight is 1180 g/mol. The zero-order valence-corrected chi connectivity index (χ0v) is 54.5. The Morgan fingerprint density at radius 3 is 1.57 bits per heavy atom. The molecule has 0 aromatic carbocycles. The van der Waals surface area contributed by atoms with Gasteiger partial charge in [-0.15, -0.1) is 0 Å². The van der Waals surface area contributed by atoms with Crippen LogP contribution >= 0.6 is 0 Å². The summed E-state index contributed by atoms with van der Waals surface area (Å²) in [6.07, 6.45) is 10.3. The van der Waals surface area contributed by atoms with Crippen molar-refractivity contribution < 1.29 is 136 Å². The Bertz CT molecular complexity index is 1720. The predicted molar refractivity (Wildman–Crippen MR) is 296 cm³/mol. The number of nitrogens with one attached hydrogen (secondary N) is 1. The number of hydrogen-bond donors (Lipinski definition) is 1. The van der Waals surface area contributed by atoms with Crippen LogP contribution in [-0.2, 0) is 71.3 Å². The van der Waals surface area contributed by atoms with Crippen molar-refractivity contribution in [3.63, 3.8) is 0 Å². The van der Waals surface area contributed by atoms with Crippen molar-refractivity contribution in [2.24, 2.45) is 28.6 Å². The van der Waals surface area contributed by atoms with Crippen LogP contribution in [0.2, 0.25) is 38.3 Å². The number of hydrogen-bond acceptors (Lipinski definition) is 15. The fourth-order valence-electron chi connectivity index (χ4n) is 6.47. The van der Waals surface area contributed by atoms with Crippen LogP contribution in [0.4, 0.5) is 13.2 Å². The molecule has 5 unspecified atom stereocenters. The number of rotatable bonds is 31. The molecule has 1 aliphatic heterocycles. The quantitative estimate of drug-likeness (QED) is 0.0225. The molecule has 0 aromatic heterocycles. The smallest absolute Gasteiger partial charge is 1.00 e. The number of esters is 4. The largest absolute Gasteiger partial charge is 1.00 e. The molecule has 1 aliphatic carbocycles. The molecule has 1 saturated carbocycles. The molecule has 76 heavy (non-hydrogen) atoms. The summed E-state index contributed by atoms with van der Waals surface area (Å²) in [5.41, 5.74) is -6.60. The van der Waals surface area contributed by atoms with Crippen LogP contribution in [0.15, 0.2) is 0 Å². The first-order valence-electron chi connectivity index (χ1n) is 26.5. The maximum atomic E-state index is 12.0. The second kappa shape index (κ2) is 42.8. The number of epoxide rings is 1. The Morgan fingerprint density at radius 2 is 1.12 bits per heavy atom. The monoisotopic (exact) mass is 1180 g/mol. The van der Waals surface area contributed by atoms with E-state index in [1.165, 1.54) is 18.9 Å². The topological polar surface area (TPSA) is 209 Å². The number of carbonyl (C=O) groups excluding carboxylic acids is 5. The molecule has 16 nitrogen and oxygen atoms in total. The number of fused-ring (bicyclic) bond motifs is 1. The number of sulfonamides is 1. The molecule has 0 spiro atoms. The van der Waals surface area contributed by atoms with E-state index in [0.29, 0.717) is 70.8 Å². The molecule has 2 rings (SSSR count). The molecule has 2 fully saturated rings. The van der Waals surface area contributed by atoms with Crippen LogP contribution in [-0.4, -0.2) is 125 Å². The summed E-state index contributed by atoms with van der Waals surface area (Å²) < 4.78 is 101. The van der Waals surface area contributed by atoms with Gasteiger partial charge in [-0.1, -0.05) is 76.2 Å². The number of alkyl halides is 3. The van der Waals surface area contributed by atoms with Gasteiger partial charge < -0.3 is 38.7 Å². The standard InChI is InChI=1S/C17H38O3Si2.C12H20O3.C11H18F3NO5S.C11H22O4.2CH4.K.H/c1-9-11-14-21(5,6)20-22(7,8)15-12-13-19-16(18)17(3,4)10-2;1-3-8(2)12(13)14-7-9-4-5-10-11(6-9)15-10;1-4-10(2,3)9(17)20-7-5-6-8(16)15-21(18,19)11(12,13)14;1-4-10(3)11(12)15-9-8-14-7-6-13-5-2;;;;/h9-15H2,1-8H3;8-11H,3-7H2,1-2H3;4-7H2,1-3H3,(H,15,16);10H,4-9H2,1-3H3;2*1H4;;/q;;;;;;+1;-1. The Kier molecular flexibility index (Phi) is 47.2. The average Bonchev–Trinajstić information content (AvgIpc) is 4.10. The van der Waals surface area contributed by atoms with Crippen molar-refractivity contribution in [1.29, 1.82) is 0 Å². The number of ether oxygens (including phenoxy) is 7. The van der Waals surface area contributed by atoms with Gasteiger partial charge in [0.25, 0.3) is 0 Å². The van der Waals surface area contributed by atoms with Crippen molar-refractivity contribution >= 4 is 56.4 Å². The summed E-state index contributed by atoms with van der Waals surface area (Å²) in [7, 11) is -8.85.